The fourth-order valence-corrected chi connectivity index (χ4v) is 3.12. The average molecular weight is 324 g/mol. The molecule has 0 amide bonds. The molecule has 5 heteroatoms. The molecule has 4 nitrogen and oxygen atoms in total. The van der Waals surface area contributed by atoms with Crippen LogP contribution in [0.5, 0.6) is 5.75 Å². The zero-order valence-corrected chi connectivity index (χ0v) is 13.5. The van der Waals surface area contributed by atoms with Gasteiger partial charge < -0.3 is 4.74 Å². The van der Waals surface area contributed by atoms with Crippen molar-refractivity contribution < 1.29 is 4.74 Å². The number of para-hydroxylation sites is 1. The number of aryl methyl sites for hydroxylation is 1. The molecule has 0 aliphatic carbocycles. The molecule has 0 saturated heterocycles. The largest absolute Gasteiger partial charge is 0.497 e. The van der Waals surface area contributed by atoms with Gasteiger partial charge in [-0.1, -0.05) is 29.8 Å². The first-order valence-electron chi connectivity index (χ1n) is 7.27. The summed E-state index contributed by atoms with van der Waals surface area (Å²) in [6.07, 6.45) is 0. The van der Waals surface area contributed by atoms with Crippen molar-refractivity contribution in [2.75, 3.05) is 7.11 Å². The molecule has 2 aromatic carbocycles. The second-order valence-electron chi connectivity index (χ2n) is 5.31. The van der Waals surface area contributed by atoms with E-state index in [2.05, 4.69) is 14.5 Å². The number of fused-ring (bicyclic) bond motifs is 3. The van der Waals surface area contributed by atoms with Crippen LogP contribution in [0.15, 0.2) is 48.5 Å². The predicted octanol–water partition coefficient (Wildman–Crippen LogP) is 4.54. The fraction of sp³-hybridized carbons (Fsp3) is 0.111. The monoisotopic (exact) mass is 323 g/mol. The number of pyridine rings is 1. The normalized spacial score (nSPS) is 11.3. The lowest BCUT2D eigenvalue weighted by Crippen LogP contribution is -1.97. The number of nitrogens with zero attached hydrogens (tertiary/aromatic N) is 3. The maximum atomic E-state index is 6.35. The Labute approximate surface area is 138 Å². The number of methoxy groups -OCH3 is 1. The van der Waals surface area contributed by atoms with Crippen molar-refractivity contribution >= 4 is 33.5 Å². The number of aromatic nitrogens is 3. The molecule has 114 valence electrons. The lowest BCUT2D eigenvalue weighted by atomic mass is 10.2. The Morgan fingerprint density at radius 1 is 1.00 bits per heavy atom. The minimum atomic E-state index is 0.425. The summed E-state index contributed by atoms with van der Waals surface area (Å²) >= 11 is 6.35. The molecule has 0 aliphatic heterocycles. The van der Waals surface area contributed by atoms with Crippen LogP contribution in [0.1, 0.15) is 5.82 Å². The van der Waals surface area contributed by atoms with Gasteiger partial charge in [0.25, 0.3) is 0 Å². The van der Waals surface area contributed by atoms with Crippen LogP contribution in [0.4, 0.5) is 0 Å². The molecule has 0 aliphatic rings. The van der Waals surface area contributed by atoms with E-state index >= 15 is 0 Å². The number of ether oxygens (including phenoxy) is 1. The van der Waals surface area contributed by atoms with E-state index in [0.29, 0.717) is 5.15 Å². The van der Waals surface area contributed by atoms with Crippen LogP contribution in [-0.4, -0.2) is 21.6 Å². The molecular weight excluding hydrogens is 310 g/mol. The van der Waals surface area contributed by atoms with Gasteiger partial charge >= 0.3 is 0 Å². The summed E-state index contributed by atoms with van der Waals surface area (Å²) < 4.78 is 7.34. The Bertz CT molecular complexity index is 1020. The Hall–Kier alpha value is -2.59. The molecule has 0 atom stereocenters. The molecule has 4 aromatic rings. The number of hydrogen-bond donors (Lipinski definition) is 0. The molecule has 0 N–H and O–H groups in total. The average Bonchev–Trinajstić information content (AvgIpc) is 2.93. The molecule has 0 saturated carbocycles. The first-order chi connectivity index (χ1) is 11.2. The van der Waals surface area contributed by atoms with E-state index in [-0.39, 0.29) is 0 Å². The maximum Gasteiger partial charge on any atom is 0.157 e. The van der Waals surface area contributed by atoms with Crippen molar-refractivity contribution in [2.45, 2.75) is 6.92 Å². The molecule has 0 spiro atoms. The lowest BCUT2D eigenvalue weighted by Gasteiger charge is -2.10. The van der Waals surface area contributed by atoms with Gasteiger partial charge in [0.1, 0.15) is 17.1 Å². The van der Waals surface area contributed by atoms with Gasteiger partial charge in [-0.2, -0.15) is 0 Å². The van der Waals surface area contributed by atoms with Crippen molar-refractivity contribution in [3.8, 4) is 11.4 Å². The quantitative estimate of drug-likeness (QED) is 0.508. The van der Waals surface area contributed by atoms with Gasteiger partial charge in [0.2, 0.25) is 0 Å². The van der Waals surface area contributed by atoms with Crippen molar-refractivity contribution in [1.29, 1.82) is 0 Å². The zero-order valence-electron chi connectivity index (χ0n) is 12.7. The van der Waals surface area contributed by atoms with E-state index in [0.717, 1.165) is 39.2 Å². The van der Waals surface area contributed by atoms with E-state index in [1.54, 1.807) is 7.11 Å². The molecule has 23 heavy (non-hydrogen) atoms. The predicted molar refractivity (Wildman–Crippen MR) is 92.7 cm³/mol. The van der Waals surface area contributed by atoms with Gasteiger partial charge in [-0.05, 0) is 37.3 Å². The summed E-state index contributed by atoms with van der Waals surface area (Å²) in [5, 5.41) is 1.46. The van der Waals surface area contributed by atoms with E-state index in [9.17, 15) is 0 Å². The standard InChI is InChI=1S/C18H14ClN3O/c1-11-20-16-17(14-5-3-4-6-15(14)21-18(16)19)22(11)12-7-9-13(23-2)10-8-12/h3-10H,1-2H3. The van der Waals surface area contributed by atoms with Gasteiger partial charge in [0, 0.05) is 11.1 Å². The molecule has 2 aromatic heterocycles. The summed E-state index contributed by atoms with van der Waals surface area (Å²) in [5.41, 5.74) is 3.57. The van der Waals surface area contributed by atoms with Crippen molar-refractivity contribution in [3.05, 3.63) is 59.5 Å². The molecule has 0 bridgehead atoms. The highest BCUT2D eigenvalue weighted by Crippen LogP contribution is 2.32. The van der Waals surface area contributed by atoms with Gasteiger partial charge in [-0.25, -0.2) is 9.97 Å². The highest BCUT2D eigenvalue weighted by atomic mass is 35.5. The molecule has 0 fully saturated rings. The minimum Gasteiger partial charge on any atom is -0.497 e. The summed E-state index contributed by atoms with van der Waals surface area (Å²) in [7, 11) is 1.66. The van der Waals surface area contributed by atoms with Gasteiger partial charge in [0.05, 0.1) is 18.1 Å². The van der Waals surface area contributed by atoms with Crippen LogP contribution < -0.4 is 4.74 Å². The van der Waals surface area contributed by atoms with Crippen LogP contribution in [0, 0.1) is 6.92 Å². The van der Waals surface area contributed by atoms with E-state index in [4.69, 9.17) is 16.3 Å². The zero-order chi connectivity index (χ0) is 16.0. The molecule has 0 unspecified atom stereocenters. The minimum absolute atomic E-state index is 0.425. The second-order valence-corrected chi connectivity index (χ2v) is 5.67. The van der Waals surface area contributed by atoms with Crippen LogP contribution >= 0.6 is 11.6 Å². The number of benzene rings is 2. The number of rotatable bonds is 2. The van der Waals surface area contributed by atoms with Crippen LogP contribution in [0.3, 0.4) is 0 Å². The van der Waals surface area contributed by atoms with Crippen molar-refractivity contribution in [3.63, 3.8) is 0 Å². The highest BCUT2D eigenvalue weighted by molar-refractivity contribution is 6.35. The van der Waals surface area contributed by atoms with Crippen LogP contribution in [-0.2, 0) is 0 Å². The first kappa shape index (κ1) is 14.0. The summed E-state index contributed by atoms with van der Waals surface area (Å²) in [5.74, 6) is 1.69. The molecule has 2 heterocycles. The van der Waals surface area contributed by atoms with Crippen LogP contribution in [0.25, 0.3) is 27.6 Å². The summed E-state index contributed by atoms with van der Waals surface area (Å²) in [6, 6.07) is 15.9. The summed E-state index contributed by atoms with van der Waals surface area (Å²) in [6.45, 7) is 1.97. The number of halogens is 1. The Morgan fingerprint density at radius 2 is 1.74 bits per heavy atom. The Morgan fingerprint density at radius 3 is 2.48 bits per heavy atom. The van der Waals surface area contributed by atoms with Gasteiger partial charge in [-0.3, -0.25) is 4.57 Å². The topological polar surface area (TPSA) is 39.9 Å². The Kier molecular flexibility index (Phi) is 3.20. The Balaban J connectivity index is 2.11. The number of imidazole rings is 1. The maximum absolute atomic E-state index is 6.35. The molecule has 0 radical (unpaired) electrons. The summed E-state index contributed by atoms with van der Waals surface area (Å²) in [4.78, 5) is 9.07. The lowest BCUT2D eigenvalue weighted by molar-refractivity contribution is 0.415. The first-order valence-corrected chi connectivity index (χ1v) is 7.64. The number of hydrogen-bond acceptors (Lipinski definition) is 3. The second kappa shape index (κ2) is 5.25. The third kappa shape index (κ3) is 2.14. The third-order valence-electron chi connectivity index (χ3n) is 3.95. The smallest absolute Gasteiger partial charge is 0.157 e. The van der Waals surface area contributed by atoms with E-state index in [1.807, 2.05) is 55.5 Å². The molecular formula is C18H14ClN3O. The fourth-order valence-electron chi connectivity index (χ4n) is 2.90. The van der Waals surface area contributed by atoms with E-state index < -0.39 is 0 Å². The van der Waals surface area contributed by atoms with Gasteiger partial charge in [-0.15, -0.1) is 0 Å². The van der Waals surface area contributed by atoms with Gasteiger partial charge in [0.15, 0.2) is 5.15 Å². The SMILES string of the molecule is COc1ccc(-n2c(C)nc3c(Cl)nc4ccccc4c32)cc1. The van der Waals surface area contributed by atoms with Crippen LogP contribution in [0.2, 0.25) is 5.15 Å². The third-order valence-corrected chi connectivity index (χ3v) is 4.21. The molecule has 4 rings (SSSR count). The highest BCUT2D eigenvalue weighted by Gasteiger charge is 2.16. The van der Waals surface area contributed by atoms with E-state index in [1.165, 1.54) is 0 Å². The van der Waals surface area contributed by atoms with Crippen molar-refractivity contribution in [1.82, 2.24) is 14.5 Å². The van der Waals surface area contributed by atoms with Crippen molar-refractivity contribution in [2.24, 2.45) is 0 Å².